The maximum Gasteiger partial charge on any atom is 0.174 e. The molecule has 0 radical (unpaired) electrons. The number of benzene rings is 1. The van der Waals surface area contributed by atoms with Crippen molar-refractivity contribution >= 4 is 23.0 Å². The number of rotatable bonds is 5. The summed E-state index contributed by atoms with van der Waals surface area (Å²) in [6, 6.07) is 24.3. The molecule has 144 valence electrons. The highest BCUT2D eigenvalue weighted by Gasteiger charge is 2.41. The second-order valence-corrected chi connectivity index (χ2v) is 7.36. The summed E-state index contributed by atoms with van der Waals surface area (Å²) < 4.78 is 7.79. The van der Waals surface area contributed by atoms with Gasteiger partial charge in [-0.05, 0) is 60.7 Å². The highest BCUT2D eigenvalue weighted by molar-refractivity contribution is 7.80. The number of nitrogens with one attached hydrogen (secondary N) is 1. The second-order valence-electron chi connectivity index (χ2n) is 6.97. The minimum absolute atomic E-state index is 0.0373. The Balaban J connectivity index is 1.61. The van der Waals surface area contributed by atoms with Crippen LogP contribution in [-0.4, -0.2) is 14.7 Å². The lowest BCUT2D eigenvalue weighted by Crippen LogP contribution is -2.30. The molecule has 0 spiro atoms. The van der Waals surface area contributed by atoms with E-state index in [1.807, 2.05) is 54.7 Å². The van der Waals surface area contributed by atoms with Gasteiger partial charge in [0.2, 0.25) is 0 Å². The summed E-state index contributed by atoms with van der Waals surface area (Å²) in [5.41, 5.74) is 3.16. The molecule has 1 N–H and O–H groups in total. The fourth-order valence-corrected chi connectivity index (χ4v) is 4.28. The van der Waals surface area contributed by atoms with Crippen molar-refractivity contribution in [3.63, 3.8) is 0 Å². The van der Waals surface area contributed by atoms with Gasteiger partial charge in [0.25, 0.3) is 0 Å². The summed E-state index contributed by atoms with van der Waals surface area (Å²) in [7, 11) is 0. The van der Waals surface area contributed by atoms with Crippen molar-refractivity contribution in [1.82, 2.24) is 14.9 Å². The zero-order valence-corrected chi connectivity index (χ0v) is 16.5. The summed E-state index contributed by atoms with van der Waals surface area (Å²) >= 11 is 5.77. The van der Waals surface area contributed by atoms with Crippen LogP contribution in [0, 0.1) is 0 Å². The maximum absolute atomic E-state index is 5.77. The average Bonchev–Trinajstić information content (AvgIpc) is 3.50. The molecule has 0 bridgehead atoms. The molecule has 0 aliphatic carbocycles. The van der Waals surface area contributed by atoms with Crippen molar-refractivity contribution in [2.75, 3.05) is 4.90 Å². The first-order valence-corrected chi connectivity index (χ1v) is 9.95. The third-order valence-corrected chi connectivity index (χ3v) is 5.52. The first-order chi connectivity index (χ1) is 14.3. The van der Waals surface area contributed by atoms with Gasteiger partial charge in [-0.15, -0.1) is 0 Å². The number of aromatic nitrogens is 2. The van der Waals surface area contributed by atoms with E-state index in [9.17, 15) is 0 Å². The second kappa shape index (κ2) is 7.56. The van der Waals surface area contributed by atoms with Crippen LogP contribution in [0.15, 0.2) is 95.9 Å². The van der Waals surface area contributed by atoms with Crippen molar-refractivity contribution < 1.29 is 4.42 Å². The lowest BCUT2D eigenvalue weighted by molar-refractivity contribution is 0.475. The standard InChI is InChI=1S/C23H20N4OS/c29-23-25-21(19-11-4-5-13-24-19)22(27(23)17-8-2-1-3-9-17)20-12-6-14-26(20)16-18-10-7-15-28-18/h1-15,21-22H,16H2,(H,25,29)/t21-,22+/m1/s1. The van der Waals surface area contributed by atoms with E-state index in [0.717, 1.165) is 22.8 Å². The molecule has 5 rings (SSSR count). The van der Waals surface area contributed by atoms with Crippen molar-refractivity contribution in [2.45, 2.75) is 18.6 Å². The Hall–Kier alpha value is -3.38. The van der Waals surface area contributed by atoms with Crippen LogP contribution >= 0.6 is 12.2 Å². The van der Waals surface area contributed by atoms with Gasteiger partial charge in [0.15, 0.2) is 5.11 Å². The molecule has 1 aromatic carbocycles. The van der Waals surface area contributed by atoms with Crippen molar-refractivity contribution in [2.24, 2.45) is 0 Å². The van der Waals surface area contributed by atoms with E-state index >= 15 is 0 Å². The van der Waals surface area contributed by atoms with Crippen LogP contribution in [0.1, 0.15) is 29.2 Å². The number of anilines is 1. The van der Waals surface area contributed by atoms with Gasteiger partial charge in [0.1, 0.15) is 11.8 Å². The highest BCUT2D eigenvalue weighted by atomic mass is 32.1. The predicted octanol–water partition coefficient (Wildman–Crippen LogP) is 4.70. The first kappa shape index (κ1) is 17.7. The summed E-state index contributed by atoms with van der Waals surface area (Å²) in [5.74, 6) is 0.914. The number of nitrogens with zero attached hydrogens (tertiary/aromatic N) is 3. The summed E-state index contributed by atoms with van der Waals surface area (Å²) in [6.45, 7) is 0.663. The number of para-hydroxylation sites is 1. The Kier molecular flexibility index (Phi) is 4.62. The molecule has 4 aromatic rings. The molecule has 4 heterocycles. The predicted molar refractivity (Wildman–Crippen MR) is 117 cm³/mol. The fraction of sp³-hybridized carbons (Fsp3) is 0.130. The molecule has 1 saturated heterocycles. The molecule has 0 unspecified atom stereocenters. The smallest absolute Gasteiger partial charge is 0.174 e. The van der Waals surface area contributed by atoms with Crippen LogP contribution in [-0.2, 0) is 6.54 Å². The zero-order chi connectivity index (χ0) is 19.6. The van der Waals surface area contributed by atoms with Crippen molar-refractivity contribution in [3.05, 3.63) is 109 Å². The number of furan rings is 1. The quantitative estimate of drug-likeness (QED) is 0.492. The molecule has 2 atom stereocenters. The van der Waals surface area contributed by atoms with E-state index in [1.165, 1.54) is 0 Å². The normalized spacial score (nSPS) is 18.8. The Morgan fingerprint density at radius 2 is 1.83 bits per heavy atom. The summed E-state index contributed by atoms with van der Waals surface area (Å²) in [6.07, 6.45) is 5.61. The summed E-state index contributed by atoms with van der Waals surface area (Å²) in [4.78, 5) is 6.80. The minimum Gasteiger partial charge on any atom is -0.467 e. The van der Waals surface area contributed by atoms with Gasteiger partial charge in [-0.25, -0.2) is 0 Å². The van der Waals surface area contributed by atoms with Gasteiger partial charge < -0.3 is 19.2 Å². The highest BCUT2D eigenvalue weighted by Crippen LogP contribution is 2.41. The Labute approximate surface area is 174 Å². The molecule has 5 nitrogen and oxygen atoms in total. The lowest BCUT2D eigenvalue weighted by Gasteiger charge is -2.28. The van der Waals surface area contributed by atoms with Gasteiger partial charge >= 0.3 is 0 Å². The molecule has 3 aromatic heterocycles. The molecule has 0 amide bonds. The van der Waals surface area contributed by atoms with Crippen LogP contribution in [0.2, 0.25) is 0 Å². The van der Waals surface area contributed by atoms with Gasteiger partial charge in [-0.3, -0.25) is 4.98 Å². The number of hydrogen-bond donors (Lipinski definition) is 1. The van der Waals surface area contributed by atoms with E-state index in [1.54, 1.807) is 6.26 Å². The first-order valence-electron chi connectivity index (χ1n) is 9.54. The average molecular weight is 401 g/mol. The van der Waals surface area contributed by atoms with Gasteiger partial charge in [0, 0.05) is 23.8 Å². The third kappa shape index (κ3) is 3.32. The lowest BCUT2D eigenvalue weighted by atomic mass is 10.0. The van der Waals surface area contributed by atoms with E-state index in [0.29, 0.717) is 11.7 Å². The third-order valence-electron chi connectivity index (χ3n) is 5.21. The van der Waals surface area contributed by atoms with E-state index < -0.39 is 0 Å². The number of thiocarbonyl (C=S) groups is 1. The SMILES string of the molecule is S=C1N[C@H](c2ccccn2)[C@H](c2cccn2Cc2ccco2)N1c1ccccc1. The molecule has 6 heteroatoms. The van der Waals surface area contributed by atoms with Crippen LogP contribution in [0.3, 0.4) is 0 Å². The molecule has 0 saturated carbocycles. The van der Waals surface area contributed by atoms with Gasteiger partial charge in [-0.1, -0.05) is 24.3 Å². The molecule has 1 aliphatic rings. The largest absolute Gasteiger partial charge is 0.467 e. The fourth-order valence-electron chi connectivity index (χ4n) is 3.93. The van der Waals surface area contributed by atoms with Crippen LogP contribution in [0.5, 0.6) is 0 Å². The maximum atomic E-state index is 5.77. The minimum atomic E-state index is -0.0610. The number of hydrogen-bond acceptors (Lipinski definition) is 3. The van der Waals surface area contributed by atoms with Crippen LogP contribution < -0.4 is 10.2 Å². The van der Waals surface area contributed by atoms with E-state index in [4.69, 9.17) is 16.6 Å². The van der Waals surface area contributed by atoms with E-state index in [2.05, 4.69) is 50.2 Å². The monoisotopic (exact) mass is 400 g/mol. The van der Waals surface area contributed by atoms with Crippen molar-refractivity contribution in [1.29, 1.82) is 0 Å². The molecule has 29 heavy (non-hydrogen) atoms. The molecular formula is C23H20N4OS. The van der Waals surface area contributed by atoms with Gasteiger partial charge in [0.05, 0.1) is 24.5 Å². The Bertz CT molecular complexity index is 1090. The topological polar surface area (TPSA) is 46.2 Å². The Morgan fingerprint density at radius 1 is 0.966 bits per heavy atom. The molecular weight excluding hydrogens is 380 g/mol. The molecule has 1 fully saturated rings. The number of pyridine rings is 1. The van der Waals surface area contributed by atoms with Crippen LogP contribution in [0.25, 0.3) is 0 Å². The zero-order valence-electron chi connectivity index (χ0n) is 15.7. The Morgan fingerprint density at radius 3 is 2.59 bits per heavy atom. The molecule has 1 aliphatic heterocycles. The van der Waals surface area contributed by atoms with E-state index in [-0.39, 0.29) is 12.1 Å². The summed E-state index contributed by atoms with van der Waals surface area (Å²) in [5, 5.41) is 4.20. The van der Waals surface area contributed by atoms with Gasteiger partial charge in [-0.2, -0.15) is 0 Å². The van der Waals surface area contributed by atoms with Crippen molar-refractivity contribution in [3.8, 4) is 0 Å². The van der Waals surface area contributed by atoms with Crippen LogP contribution in [0.4, 0.5) is 5.69 Å².